The maximum absolute atomic E-state index is 13.3. The van der Waals surface area contributed by atoms with Gasteiger partial charge in [-0.25, -0.2) is 9.78 Å². The van der Waals surface area contributed by atoms with E-state index in [1.54, 1.807) is 13.0 Å². The number of aromatic nitrogens is 3. The number of hydrogen-bond donors (Lipinski definition) is 2. The third kappa shape index (κ3) is 3.38. The van der Waals surface area contributed by atoms with Crippen molar-refractivity contribution in [2.24, 2.45) is 7.05 Å². The van der Waals surface area contributed by atoms with Crippen LogP contribution in [0.4, 0.5) is 0 Å². The largest absolute Gasteiger partial charge is 0.487 e. The third-order valence-corrected chi connectivity index (χ3v) is 5.37. The Balaban J connectivity index is 1.81. The van der Waals surface area contributed by atoms with Gasteiger partial charge in [0.25, 0.3) is 11.5 Å². The number of hydrogen-bond acceptors (Lipinski definition) is 5. The summed E-state index contributed by atoms with van der Waals surface area (Å²) in [6.07, 6.45) is 0.575. The summed E-state index contributed by atoms with van der Waals surface area (Å²) >= 11 is 0. The Labute approximate surface area is 172 Å². The van der Waals surface area contributed by atoms with Gasteiger partial charge in [-0.1, -0.05) is 12.1 Å². The number of fused-ring (bicyclic) bond motifs is 2. The first kappa shape index (κ1) is 19.9. The summed E-state index contributed by atoms with van der Waals surface area (Å²) in [6, 6.07) is 7.18. The van der Waals surface area contributed by atoms with Crippen molar-refractivity contribution in [2.45, 2.75) is 45.8 Å². The fraction of sp³-hybridized carbons (Fsp3) is 0.364. The lowest BCUT2D eigenvalue weighted by molar-refractivity contribution is 0.0619. The van der Waals surface area contributed by atoms with Crippen LogP contribution >= 0.6 is 0 Å². The summed E-state index contributed by atoms with van der Waals surface area (Å²) in [7, 11) is 1.51. The van der Waals surface area contributed by atoms with Crippen LogP contribution in [0.5, 0.6) is 5.75 Å². The number of carbonyl (C=O) groups is 1. The molecular weight excluding hydrogens is 384 g/mol. The Morgan fingerprint density at radius 2 is 2.00 bits per heavy atom. The fourth-order valence-corrected chi connectivity index (χ4v) is 3.97. The van der Waals surface area contributed by atoms with Crippen molar-refractivity contribution in [3.8, 4) is 5.75 Å². The first-order valence-corrected chi connectivity index (χ1v) is 9.77. The zero-order valence-corrected chi connectivity index (χ0v) is 17.6. The zero-order valence-electron chi connectivity index (χ0n) is 17.6. The molecule has 0 saturated heterocycles. The van der Waals surface area contributed by atoms with E-state index in [0.29, 0.717) is 12.1 Å². The van der Waals surface area contributed by atoms with Crippen LogP contribution in [0.3, 0.4) is 0 Å². The second kappa shape index (κ2) is 6.83. The molecule has 0 spiro atoms. The van der Waals surface area contributed by atoms with Crippen LogP contribution in [0, 0.1) is 13.8 Å². The third-order valence-electron chi connectivity index (χ3n) is 5.37. The molecule has 0 saturated carbocycles. The van der Waals surface area contributed by atoms with Crippen LogP contribution in [0.1, 0.15) is 53.5 Å². The van der Waals surface area contributed by atoms with E-state index >= 15 is 0 Å². The van der Waals surface area contributed by atoms with Crippen molar-refractivity contribution >= 4 is 16.9 Å². The second-order valence-corrected chi connectivity index (χ2v) is 8.46. The number of amides is 1. The van der Waals surface area contributed by atoms with Gasteiger partial charge in [-0.3, -0.25) is 19.1 Å². The van der Waals surface area contributed by atoms with Crippen molar-refractivity contribution in [3.63, 3.8) is 0 Å². The van der Waals surface area contributed by atoms with Crippen molar-refractivity contribution < 1.29 is 9.53 Å². The number of nitrogens with zero attached hydrogens (tertiary/aromatic N) is 2. The molecule has 0 fully saturated rings. The SMILES string of the molecule is Cc1ccc2c(c1)OC(C)(C)C[C@H]2NC(=O)c1cc(C)nc2c1c(=O)[nH]c(=O)n2C. The Morgan fingerprint density at radius 3 is 2.73 bits per heavy atom. The monoisotopic (exact) mass is 408 g/mol. The molecule has 1 aliphatic heterocycles. The molecule has 1 aromatic carbocycles. The molecular formula is C22H24N4O4. The molecule has 0 radical (unpaired) electrons. The molecule has 3 aromatic rings. The molecule has 30 heavy (non-hydrogen) atoms. The van der Waals surface area contributed by atoms with E-state index in [1.165, 1.54) is 11.6 Å². The van der Waals surface area contributed by atoms with Gasteiger partial charge in [-0.05, 0) is 45.4 Å². The van der Waals surface area contributed by atoms with Gasteiger partial charge in [0, 0.05) is 24.7 Å². The molecule has 2 aromatic heterocycles. The average Bonchev–Trinajstić information content (AvgIpc) is 2.64. The summed E-state index contributed by atoms with van der Waals surface area (Å²) in [5, 5.41) is 3.15. The van der Waals surface area contributed by atoms with Crippen molar-refractivity contribution in [2.75, 3.05) is 0 Å². The van der Waals surface area contributed by atoms with Crippen LogP contribution in [0.2, 0.25) is 0 Å². The van der Waals surface area contributed by atoms with E-state index in [9.17, 15) is 14.4 Å². The van der Waals surface area contributed by atoms with Gasteiger partial charge in [0.2, 0.25) is 0 Å². The number of H-pyrrole nitrogens is 1. The van der Waals surface area contributed by atoms with Crippen molar-refractivity contribution in [1.29, 1.82) is 0 Å². The number of aromatic amines is 1. The van der Waals surface area contributed by atoms with Crippen LogP contribution in [-0.4, -0.2) is 26.0 Å². The van der Waals surface area contributed by atoms with E-state index in [0.717, 1.165) is 16.9 Å². The van der Waals surface area contributed by atoms with E-state index in [2.05, 4.69) is 15.3 Å². The molecule has 3 heterocycles. The Hall–Kier alpha value is -3.42. The maximum atomic E-state index is 13.3. The topological polar surface area (TPSA) is 106 Å². The number of pyridine rings is 1. The first-order chi connectivity index (χ1) is 14.1. The molecule has 1 amide bonds. The van der Waals surface area contributed by atoms with E-state index in [4.69, 9.17) is 4.74 Å². The van der Waals surface area contributed by atoms with Crippen molar-refractivity contribution in [3.05, 3.63) is 67.5 Å². The summed E-state index contributed by atoms with van der Waals surface area (Å²) in [6.45, 7) is 7.66. The molecule has 2 N–H and O–H groups in total. The first-order valence-electron chi connectivity index (χ1n) is 9.77. The molecule has 1 atom stereocenters. The van der Waals surface area contributed by atoms with E-state index in [1.807, 2.05) is 39.0 Å². The average molecular weight is 408 g/mol. The lowest BCUT2D eigenvalue weighted by Gasteiger charge is -2.38. The molecule has 0 unspecified atom stereocenters. The summed E-state index contributed by atoms with van der Waals surface area (Å²) in [4.78, 5) is 44.3. The molecule has 156 valence electrons. The summed E-state index contributed by atoms with van der Waals surface area (Å²) in [5.41, 5.74) is 1.20. The zero-order chi connectivity index (χ0) is 21.8. The predicted octanol–water partition coefficient (Wildman–Crippen LogP) is 2.27. The standard InChI is InChI=1S/C22H24N4O4/c1-11-6-7-13-15(10-22(3,4)30-16(13)8-11)24-19(27)14-9-12(2)23-18-17(14)20(28)25-21(29)26(18)5/h6-9,15H,10H2,1-5H3,(H,24,27)(H,25,28,29)/t15-/m1/s1. The number of carbonyl (C=O) groups excluding carboxylic acids is 1. The Kier molecular flexibility index (Phi) is 4.52. The molecule has 8 nitrogen and oxygen atoms in total. The highest BCUT2D eigenvalue weighted by molar-refractivity contribution is 6.05. The smallest absolute Gasteiger partial charge is 0.329 e. The van der Waals surface area contributed by atoms with Crippen LogP contribution in [0.25, 0.3) is 11.0 Å². The lowest BCUT2D eigenvalue weighted by atomic mass is 9.89. The highest BCUT2D eigenvalue weighted by Gasteiger charge is 2.35. The van der Waals surface area contributed by atoms with Gasteiger partial charge in [0.05, 0.1) is 17.0 Å². The maximum Gasteiger partial charge on any atom is 0.329 e. The lowest BCUT2D eigenvalue weighted by Crippen LogP contribution is -2.41. The molecule has 1 aliphatic rings. The molecule has 8 heteroatoms. The number of aryl methyl sites for hydroxylation is 3. The Morgan fingerprint density at radius 1 is 1.27 bits per heavy atom. The van der Waals surface area contributed by atoms with Gasteiger partial charge in [-0.15, -0.1) is 0 Å². The summed E-state index contributed by atoms with van der Waals surface area (Å²) in [5.74, 6) is 0.344. The van der Waals surface area contributed by atoms with Crippen LogP contribution in [-0.2, 0) is 7.05 Å². The number of rotatable bonds is 2. The van der Waals surface area contributed by atoms with E-state index in [-0.39, 0.29) is 22.6 Å². The second-order valence-electron chi connectivity index (χ2n) is 8.46. The highest BCUT2D eigenvalue weighted by atomic mass is 16.5. The van der Waals surface area contributed by atoms with Gasteiger partial charge in [0.15, 0.2) is 0 Å². The quantitative estimate of drug-likeness (QED) is 0.677. The highest BCUT2D eigenvalue weighted by Crippen LogP contribution is 2.40. The van der Waals surface area contributed by atoms with Gasteiger partial charge in [0.1, 0.15) is 17.0 Å². The van der Waals surface area contributed by atoms with Gasteiger partial charge >= 0.3 is 5.69 Å². The van der Waals surface area contributed by atoms with Gasteiger partial charge in [-0.2, -0.15) is 0 Å². The van der Waals surface area contributed by atoms with E-state index < -0.39 is 22.8 Å². The Bertz CT molecular complexity index is 1300. The molecule has 0 aliphatic carbocycles. The minimum atomic E-state index is -0.630. The normalized spacial score (nSPS) is 17.3. The molecule has 4 rings (SSSR count). The molecule has 0 bridgehead atoms. The van der Waals surface area contributed by atoms with Crippen LogP contribution < -0.4 is 21.3 Å². The number of nitrogens with one attached hydrogen (secondary N) is 2. The minimum Gasteiger partial charge on any atom is -0.487 e. The fourth-order valence-electron chi connectivity index (χ4n) is 3.97. The number of benzene rings is 1. The van der Waals surface area contributed by atoms with Crippen LogP contribution in [0.15, 0.2) is 33.9 Å². The minimum absolute atomic E-state index is 0.0932. The number of ether oxygens (including phenoxy) is 1. The van der Waals surface area contributed by atoms with Gasteiger partial charge < -0.3 is 10.1 Å². The predicted molar refractivity (Wildman–Crippen MR) is 113 cm³/mol. The van der Waals surface area contributed by atoms with Crippen molar-refractivity contribution in [1.82, 2.24) is 19.9 Å². The summed E-state index contributed by atoms with van der Waals surface area (Å²) < 4.78 is 7.33.